The molecule has 1 aromatic heterocycles. The van der Waals surface area contributed by atoms with Crippen LogP contribution in [-0.4, -0.2) is 48.4 Å². The molecule has 2 heterocycles. The molecule has 6 heteroatoms. The van der Waals surface area contributed by atoms with Gasteiger partial charge >= 0.3 is 0 Å². The van der Waals surface area contributed by atoms with Crippen molar-refractivity contribution in [3.8, 4) is 0 Å². The summed E-state index contributed by atoms with van der Waals surface area (Å²) in [6.07, 6.45) is 7.82. The van der Waals surface area contributed by atoms with E-state index in [1.54, 1.807) is 0 Å². The predicted octanol–water partition coefficient (Wildman–Crippen LogP) is 4.78. The minimum absolute atomic E-state index is 0.187. The van der Waals surface area contributed by atoms with Crippen LogP contribution in [0, 0.1) is 23.2 Å². The molecule has 0 amide bonds. The van der Waals surface area contributed by atoms with Gasteiger partial charge < -0.3 is 20.1 Å². The Morgan fingerprint density at radius 2 is 2.03 bits per heavy atom. The fourth-order valence-corrected chi connectivity index (χ4v) is 7.94. The zero-order chi connectivity index (χ0) is 24.7. The van der Waals surface area contributed by atoms with E-state index >= 15 is 0 Å². The van der Waals surface area contributed by atoms with Crippen LogP contribution in [0.1, 0.15) is 62.5 Å². The highest BCUT2D eigenvalue weighted by molar-refractivity contribution is 5.87. The van der Waals surface area contributed by atoms with Crippen LogP contribution in [0.5, 0.6) is 0 Å². The smallest absolute Gasteiger partial charge is 0.139 e. The third kappa shape index (κ3) is 4.32. The summed E-state index contributed by atoms with van der Waals surface area (Å²) in [4.78, 5) is 20.1. The van der Waals surface area contributed by atoms with Crippen LogP contribution >= 0.6 is 0 Å². The number of aliphatic hydroxyl groups excluding tert-OH is 1. The Morgan fingerprint density at radius 3 is 2.83 bits per heavy atom. The van der Waals surface area contributed by atoms with Gasteiger partial charge in [-0.3, -0.25) is 4.79 Å². The molecule has 4 aliphatic rings. The molecule has 2 saturated carbocycles. The lowest BCUT2D eigenvalue weighted by molar-refractivity contribution is -0.129. The molecule has 6 atom stereocenters. The summed E-state index contributed by atoms with van der Waals surface area (Å²) < 4.78 is 5.43. The Morgan fingerprint density at radius 1 is 1.19 bits per heavy atom. The largest absolute Gasteiger partial charge is 0.378 e. The number of aryl methyl sites for hydroxylation is 1. The summed E-state index contributed by atoms with van der Waals surface area (Å²) in [6.45, 7) is 5.49. The Bertz CT molecular complexity index is 1080. The maximum atomic E-state index is 13.3. The maximum Gasteiger partial charge on any atom is 0.139 e. The lowest BCUT2D eigenvalue weighted by atomic mass is 9.54. The number of morpholine rings is 1. The van der Waals surface area contributed by atoms with Crippen LogP contribution in [0.4, 0.5) is 11.5 Å². The molecule has 36 heavy (non-hydrogen) atoms. The molecule has 192 valence electrons. The number of nitrogens with one attached hydrogen (secondary N) is 1. The molecule has 0 radical (unpaired) electrons. The summed E-state index contributed by atoms with van der Waals surface area (Å²) in [7, 11) is 0. The summed E-state index contributed by atoms with van der Waals surface area (Å²) in [5.41, 5.74) is 3.94. The van der Waals surface area contributed by atoms with Crippen LogP contribution in [0.15, 0.2) is 42.6 Å². The highest BCUT2D eigenvalue weighted by Gasteiger charge is 2.58. The first-order valence-electron chi connectivity index (χ1n) is 13.9. The van der Waals surface area contributed by atoms with Crippen molar-refractivity contribution in [2.75, 3.05) is 36.5 Å². The van der Waals surface area contributed by atoms with Gasteiger partial charge in [-0.1, -0.05) is 31.2 Å². The number of ketones is 1. The second-order valence-corrected chi connectivity index (χ2v) is 11.6. The van der Waals surface area contributed by atoms with E-state index in [1.807, 2.05) is 12.3 Å². The average Bonchev–Trinajstić information content (AvgIpc) is 3.18. The van der Waals surface area contributed by atoms with Crippen molar-refractivity contribution in [2.24, 2.45) is 23.2 Å². The maximum absolute atomic E-state index is 13.3. The second-order valence-electron chi connectivity index (χ2n) is 11.6. The quantitative estimate of drug-likeness (QED) is 0.569. The van der Waals surface area contributed by atoms with Gasteiger partial charge in [0.25, 0.3) is 0 Å². The number of aliphatic hydroxyl groups is 1. The summed E-state index contributed by atoms with van der Waals surface area (Å²) in [5, 5.41) is 14.0. The molecule has 0 spiro atoms. The monoisotopic (exact) mass is 489 g/mol. The van der Waals surface area contributed by atoms with E-state index in [4.69, 9.17) is 4.74 Å². The first-order valence-corrected chi connectivity index (χ1v) is 13.9. The molecule has 3 aliphatic carbocycles. The van der Waals surface area contributed by atoms with Gasteiger partial charge in [-0.2, -0.15) is 0 Å². The zero-order valence-electron chi connectivity index (χ0n) is 21.4. The number of anilines is 2. The van der Waals surface area contributed by atoms with Gasteiger partial charge in [-0.05, 0) is 85.5 Å². The van der Waals surface area contributed by atoms with Crippen LogP contribution in [0.2, 0.25) is 0 Å². The number of carbonyl (C=O) groups is 1. The molecule has 1 aliphatic heterocycles. The third-order valence-corrected chi connectivity index (χ3v) is 9.73. The molecule has 0 bridgehead atoms. The number of hydrogen-bond donors (Lipinski definition) is 2. The third-order valence-electron chi connectivity index (χ3n) is 9.73. The first kappa shape index (κ1) is 23.9. The number of rotatable bonds is 6. The lowest BCUT2D eigenvalue weighted by Gasteiger charge is -2.50. The van der Waals surface area contributed by atoms with Crippen molar-refractivity contribution in [2.45, 2.75) is 64.0 Å². The molecular weight excluding hydrogens is 450 g/mol. The van der Waals surface area contributed by atoms with Crippen molar-refractivity contribution in [3.63, 3.8) is 0 Å². The highest BCUT2D eigenvalue weighted by atomic mass is 16.5. The number of Topliss-reactive ketones (excluding diaryl/α,β-unsaturated/α-hetero) is 1. The topological polar surface area (TPSA) is 74.7 Å². The van der Waals surface area contributed by atoms with E-state index in [2.05, 4.69) is 52.5 Å². The van der Waals surface area contributed by atoms with E-state index in [-0.39, 0.29) is 5.41 Å². The summed E-state index contributed by atoms with van der Waals surface area (Å²) >= 11 is 0. The number of pyridine rings is 1. The van der Waals surface area contributed by atoms with Gasteiger partial charge in [0.2, 0.25) is 0 Å². The zero-order valence-corrected chi connectivity index (χ0v) is 21.4. The minimum atomic E-state index is -0.667. The fraction of sp³-hybridized carbons (Fsp3) is 0.600. The number of hydrogen-bond acceptors (Lipinski definition) is 6. The molecule has 6 rings (SSSR count). The van der Waals surface area contributed by atoms with Gasteiger partial charge in [0, 0.05) is 24.9 Å². The Kier molecular flexibility index (Phi) is 6.51. The highest BCUT2D eigenvalue weighted by Crippen LogP contribution is 2.62. The second kappa shape index (κ2) is 9.79. The van der Waals surface area contributed by atoms with Gasteiger partial charge in [-0.15, -0.1) is 0 Å². The van der Waals surface area contributed by atoms with E-state index in [1.165, 1.54) is 17.5 Å². The first-order chi connectivity index (χ1) is 17.5. The molecule has 4 unspecified atom stereocenters. The Hall–Kier alpha value is -2.44. The Balaban J connectivity index is 1.10. The molecule has 1 aromatic carbocycles. The van der Waals surface area contributed by atoms with Gasteiger partial charge in [0.05, 0.1) is 25.1 Å². The number of carbonyl (C=O) groups excluding carboxylic acids is 1. The Labute approximate surface area is 214 Å². The average molecular weight is 490 g/mol. The molecule has 3 fully saturated rings. The molecule has 6 nitrogen and oxygen atoms in total. The van der Waals surface area contributed by atoms with Crippen LogP contribution in [-0.2, 0) is 16.0 Å². The van der Waals surface area contributed by atoms with Gasteiger partial charge in [-0.25, -0.2) is 4.98 Å². The molecule has 1 saturated heterocycles. The number of ether oxygens (including phenoxy) is 1. The van der Waals surface area contributed by atoms with Crippen molar-refractivity contribution in [1.29, 1.82) is 0 Å². The molecule has 2 aromatic rings. The molecular formula is C30H39N3O3. The van der Waals surface area contributed by atoms with Crippen LogP contribution < -0.4 is 10.2 Å². The van der Waals surface area contributed by atoms with Crippen molar-refractivity contribution >= 4 is 17.3 Å². The van der Waals surface area contributed by atoms with Crippen molar-refractivity contribution < 1.29 is 14.6 Å². The van der Waals surface area contributed by atoms with E-state index in [9.17, 15) is 9.90 Å². The SMILES string of the molecule is C[C@]12CCC3c4ccccc4CCC3C1[C@H](CCC(O)Nc1ccc(N3CCOCC3)cn1)CC2=O. The number of nitrogens with zero attached hydrogens (tertiary/aromatic N) is 2. The van der Waals surface area contributed by atoms with E-state index < -0.39 is 6.23 Å². The van der Waals surface area contributed by atoms with E-state index in [0.29, 0.717) is 48.1 Å². The van der Waals surface area contributed by atoms with Gasteiger partial charge in [0.1, 0.15) is 17.8 Å². The van der Waals surface area contributed by atoms with Crippen LogP contribution in [0.25, 0.3) is 0 Å². The standard InChI is InChI=1S/C30H39N3O3/c1-30-13-12-24-23-5-3-2-4-20(23)6-9-25(24)29(30)21(18-26(30)34)7-11-28(35)32-27-10-8-22(19-31-27)33-14-16-36-17-15-33/h2-5,8,10,19,21,24-25,28-29,35H,6-7,9,11-18H2,1H3,(H,31,32)/t21-,24?,25?,28?,29?,30-/m1/s1. The van der Waals surface area contributed by atoms with Crippen molar-refractivity contribution in [3.05, 3.63) is 53.7 Å². The fourth-order valence-electron chi connectivity index (χ4n) is 7.94. The normalized spacial score (nSPS) is 32.4. The van der Waals surface area contributed by atoms with Gasteiger partial charge in [0.15, 0.2) is 0 Å². The number of benzene rings is 1. The van der Waals surface area contributed by atoms with E-state index in [0.717, 1.165) is 57.7 Å². The summed E-state index contributed by atoms with van der Waals surface area (Å²) in [6, 6.07) is 12.9. The number of fused-ring (bicyclic) bond motifs is 5. The van der Waals surface area contributed by atoms with Crippen LogP contribution in [0.3, 0.4) is 0 Å². The lowest BCUT2D eigenvalue weighted by Crippen LogP contribution is -2.44. The van der Waals surface area contributed by atoms with Crippen molar-refractivity contribution in [1.82, 2.24) is 4.98 Å². The molecule has 2 N–H and O–H groups in total. The minimum Gasteiger partial charge on any atom is -0.378 e. The predicted molar refractivity (Wildman–Crippen MR) is 141 cm³/mol. The summed E-state index contributed by atoms with van der Waals surface area (Å²) in [5.74, 6) is 3.09. The number of aromatic nitrogens is 1.